The third kappa shape index (κ3) is 6.09. The zero-order valence-corrected chi connectivity index (χ0v) is 14.7. The molecule has 1 aliphatic heterocycles. The molecule has 0 aromatic rings. The monoisotopic (exact) mass is 333 g/mol. The molecule has 4 nitrogen and oxygen atoms in total. The van der Waals surface area contributed by atoms with E-state index in [1.54, 1.807) is 19.6 Å². The number of halogens is 3. The Hall–Kier alpha value is 0.498. The second kappa shape index (κ2) is 5.86. The topological polar surface area (TPSA) is 36.9 Å². The van der Waals surface area contributed by atoms with Crippen LogP contribution in [-0.4, -0.2) is 42.6 Å². The maximum atomic E-state index is 12.3. The molecule has 0 spiro atoms. The highest BCUT2D eigenvalue weighted by Gasteiger charge is 2.45. The van der Waals surface area contributed by atoms with Gasteiger partial charge >= 0.3 is 42.6 Å². The molecule has 1 aliphatic rings. The van der Waals surface area contributed by atoms with Crippen molar-refractivity contribution < 1.29 is 29.6 Å². The minimum Gasteiger partial charge on any atom is -0.416 e. The van der Waals surface area contributed by atoms with E-state index in [2.05, 4.69) is 0 Å². The molecular formula is C7H16F3O4Si4. The molecular weight excluding hydrogens is 317 g/mol. The highest BCUT2D eigenvalue weighted by Crippen LogP contribution is 2.30. The lowest BCUT2D eigenvalue weighted by Crippen LogP contribution is -2.56. The summed E-state index contributed by atoms with van der Waals surface area (Å²) in [6, 6.07) is -0.127. The summed E-state index contributed by atoms with van der Waals surface area (Å²) in [5.41, 5.74) is 0. The van der Waals surface area contributed by atoms with Crippen LogP contribution in [0, 0.1) is 0 Å². The Morgan fingerprint density at radius 2 is 1.83 bits per heavy atom. The molecule has 0 bridgehead atoms. The molecule has 1 saturated heterocycles. The SMILES string of the molecule is C[Si]1O[Si]O[Si](C)(CCC(F)(F)F)O[Si](C)(C)O1. The van der Waals surface area contributed by atoms with Crippen LogP contribution in [0.15, 0.2) is 0 Å². The van der Waals surface area contributed by atoms with Crippen molar-refractivity contribution in [3.8, 4) is 0 Å². The van der Waals surface area contributed by atoms with Gasteiger partial charge in [-0.05, 0) is 32.2 Å². The van der Waals surface area contributed by atoms with Gasteiger partial charge in [0.2, 0.25) is 0 Å². The summed E-state index contributed by atoms with van der Waals surface area (Å²) >= 11 is 0. The highest BCUT2D eigenvalue weighted by atomic mass is 28.5. The standard InChI is InChI=1S/C7H16F3O4Si4/c1-16-11-15-12-18(4,6-5-7(8,9)10)14-17(2,3)13-16/h5-6H2,1-4H3. The van der Waals surface area contributed by atoms with Crippen molar-refractivity contribution in [3.63, 3.8) is 0 Å². The van der Waals surface area contributed by atoms with E-state index in [1.165, 1.54) is 0 Å². The highest BCUT2D eigenvalue weighted by molar-refractivity contribution is 6.84. The average molecular weight is 334 g/mol. The first-order chi connectivity index (χ1) is 8.02. The van der Waals surface area contributed by atoms with Gasteiger partial charge in [-0.3, -0.25) is 0 Å². The minimum absolute atomic E-state index is 0.127. The average Bonchev–Trinajstić information content (AvgIpc) is 2.10. The third-order valence-electron chi connectivity index (χ3n) is 2.16. The van der Waals surface area contributed by atoms with Gasteiger partial charge in [0, 0.05) is 6.42 Å². The van der Waals surface area contributed by atoms with Crippen LogP contribution in [0.4, 0.5) is 13.2 Å². The van der Waals surface area contributed by atoms with Crippen molar-refractivity contribution in [2.45, 2.75) is 44.8 Å². The predicted molar refractivity (Wildman–Crippen MR) is 66.3 cm³/mol. The lowest BCUT2D eigenvalue weighted by Gasteiger charge is -2.38. The van der Waals surface area contributed by atoms with E-state index in [0.717, 1.165) is 0 Å². The van der Waals surface area contributed by atoms with Gasteiger partial charge in [-0.15, -0.1) is 0 Å². The Labute approximate surface area is 111 Å². The zero-order valence-electron chi connectivity index (χ0n) is 10.7. The van der Waals surface area contributed by atoms with E-state index in [1.807, 2.05) is 6.55 Å². The van der Waals surface area contributed by atoms with Gasteiger partial charge in [-0.25, -0.2) is 0 Å². The van der Waals surface area contributed by atoms with E-state index in [-0.39, 0.29) is 16.1 Å². The van der Waals surface area contributed by atoms with Crippen LogP contribution >= 0.6 is 0 Å². The predicted octanol–water partition coefficient (Wildman–Crippen LogP) is 2.44. The maximum absolute atomic E-state index is 12.3. The smallest absolute Gasteiger partial charge is 0.413 e. The summed E-state index contributed by atoms with van der Waals surface area (Å²) in [4.78, 5) is 0. The van der Waals surface area contributed by atoms with E-state index in [9.17, 15) is 13.2 Å². The van der Waals surface area contributed by atoms with Crippen LogP contribution in [0.3, 0.4) is 0 Å². The molecule has 1 unspecified atom stereocenters. The van der Waals surface area contributed by atoms with E-state index in [4.69, 9.17) is 16.5 Å². The largest absolute Gasteiger partial charge is 0.416 e. The fraction of sp³-hybridized carbons (Fsp3) is 1.00. The van der Waals surface area contributed by atoms with Crippen LogP contribution in [0.25, 0.3) is 0 Å². The Bertz CT molecular complexity index is 290. The molecule has 0 saturated carbocycles. The molecule has 0 aromatic carbocycles. The number of hydrogen-bond donors (Lipinski definition) is 0. The quantitative estimate of drug-likeness (QED) is 0.728. The molecule has 0 aromatic heterocycles. The maximum Gasteiger partial charge on any atom is 0.413 e. The van der Waals surface area contributed by atoms with Crippen LogP contribution in [-0.2, 0) is 16.5 Å². The van der Waals surface area contributed by atoms with Crippen LogP contribution in [0.5, 0.6) is 0 Å². The summed E-state index contributed by atoms with van der Waals surface area (Å²) in [5, 5.41) is 0. The van der Waals surface area contributed by atoms with Crippen molar-refractivity contribution >= 4 is 36.4 Å². The molecule has 1 heterocycles. The minimum atomic E-state index is -4.19. The second-order valence-electron chi connectivity index (χ2n) is 4.63. The van der Waals surface area contributed by atoms with E-state index in [0.29, 0.717) is 0 Å². The first-order valence-corrected chi connectivity index (χ1v) is 13.4. The van der Waals surface area contributed by atoms with Gasteiger partial charge in [0.1, 0.15) is 0 Å². The van der Waals surface area contributed by atoms with Gasteiger partial charge in [0.25, 0.3) is 0 Å². The molecule has 1 atom stereocenters. The lowest BCUT2D eigenvalue weighted by atomic mass is 10.5. The van der Waals surface area contributed by atoms with E-state index < -0.39 is 39.0 Å². The molecule has 0 amide bonds. The number of hydrogen-bond acceptors (Lipinski definition) is 4. The zero-order chi connectivity index (χ0) is 14.0. The van der Waals surface area contributed by atoms with Gasteiger partial charge in [-0.2, -0.15) is 13.2 Å². The van der Waals surface area contributed by atoms with Gasteiger partial charge in [0.15, 0.2) is 0 Å². The molecule has 18 heavy (non-hydrogen) atoms. The fourth-order valence-corrected chi connectivity index (χ4v) is 13.4. The second-order valence-corrected chi connectivity index (χ2v) is 14.6. The number of rotatable bonds is 2. The molecule has 1 rings (SSSR count). The first kappa shape index (κ1) is 16.6. The van der Waals surface area contributed by atoms with Gasteiger partial charge < -0.3 is 16.5 Å². The first-order valence-electron chi connectivity index (χ1n) is 5.41. The van der Waals surface area contributed by atoms with Crippen molar-refractivity contribution in [2.24, 2.45) is 0 Å². The normalized spacial score (nSPS) is 30.8. The summed E-state index contributed by atoms with van der Waals surface area (Å²) in [7, 11) is -7.07. The summed E-state index contributed by atoms with van der Waals surface area (Å²) < 4.78 is 59.2. The lowest BCUT2D eigenvalue weighted by molar-refractivity contribution is -0.131. The molecule has 0 N–H and O–H groups in total. The molecule has 1 fully saturated rings. The Morgan fingerprint density at radius 3 is 2.39 bits per heavy atom. The fourth-order valence-electron chi connectivity index (χ4n) is 1.57. The summed E-state index contributed by atoms with van der Waals surface area (Å²) in [6.45, 7) is 7.07. The molecule has 105 valence electrons. The van der Waals surface area contributed by atoms with Crippen LogP contribution in [0.2, 0.25) is 32.2 Å². The third-order valence-corrected chi connectivity index (χ3v) is 13.7. The number of alkyl halides is 3. The van der Waals surface area contributed by atoms with E-state index >= 15 is 0 Å². The van der Waals surface area contributed by atoms with Crippen molar-refractivity contribution in [3.05, 3.63) is 0 Å². The summed E-state index contributed by atoms with van der Waals surface area (Å²) in [6.07, 6.45) is -5.09. The van der Waals surface area contributed by atoms with Crippen molar-refractivity contribution in [1.29, 1.82) is 0 Å². The molecule has 11 heteroatoms. The Balaban J connectivity index is 2.67. The van der Waals surface area contributed by atoms with Crippen LogP contribution < -0.4 is 0 Å². The van der Waals surface area contributed by atoms with Crippen molar-refractivity contribution in [1.82, 2.24) is 0 Å². The van der Waals surface area contributed by atoms with Crippen LogP contribution in [0.1, 0.15) is 6.42 Å². The Morgan fingerprint density at radius 1 is 1.22 bits per heavy atom. The van der Waals surface area contributed by atoms with Gasteiger partial charge in [-0.1, -0.05) is 0 Å². The van der Waals surface area contributed by atoms with Crippen molar-refractivity contribution in [2.75, 3.05) is 0 Å². The molecule has 0 aliphatic carbocycles. The summed E-state index contributed by atoms with van der Waals surface area (Å²) in [5.74, 6) is 0. The Kier molecular flexibility index (Phi) is 5.39. The molecule has 3 radical (unpaired) electrons. The van der Waals surface area contributed by atoms with Gasteiger partial charge in [0.05, 0.1) is 0 Å².